The van der Waals surface area contributed by atoms with Gasteiger partial charge in [-0.25, -0.2) is 4.98 Å². The zero-order chi connectivity index (χ0) is 18.0. The maximum Gasteiger partial charge on any atom is 0.119 e. The van der Waals surface area contributed by atoms with Crippen LogP contribution in [0.4, 0.5) is 0 Å². The molecule has 130 valence electrons. The van der Waals surface area contributed by atoms with Gasteiger partial charge in [-0.1, -0.05) is 0 Å². The monoisotopic (exact) mass is 339 g/mol. The van der Waals surface area contributed by atoms with Crippen LogP contribution < -0.4 is 9.84 Å². The van der Waals surface area contributed by atoms with Crippen LogP contribution in [0.2, 0.25) is 0 Å². The third kappa shape index (κ3) is 3.80. The summed E-state index contributed by atoms with van der Waals surface area (Å²) in [5.74, 6) is -0.741. The first kappa shape index (κ1) is 17.0. The maximum absolute atomic E-state index is 10.7. The van der Waals surface area contributed by atoms with Crippen molar-refractivity contribution in [1.82, 2.24) is 9.55 Å². The number of hydrogen-bond acceptors (Lipinski definition) is 5. The Balaban J connectivity index is 1.63. The topological polar surface area (TPSA) is 87.4 Å². The van der Waals surface area contributed by atoms with Gasteiger partial charge in [-0.15, -0.1) is 0 Å². The summed E-state index contributed by atoms with van der Waals surface area (Å²) in [6.45, 7) is 4.54. The summed E-state index contributed by atoms with van der Waals surface area (Å²) in [5.41, 5.74) is 4.31. The van der Waals surface area contributed by atoms with Crippen LogP contribution in [0.1, 0.15) is 21.5 Å². The first-order valence-corrected chi connectivity index (χ1v) is 7.98. The third-order valence-electron chi connectivity index (χ3n) is 4.18. The number of rotatable bonds is 6. The minimum atomic E-state index is -1.23. The first-order valence-electron chi connectivity index (χ1n) is 7.98. The van der Waals surface area contributed by atoms with E-state index in [0.29, 0.717) is 12.3 Å². The van der Waals surface area contributed by atoms with Crippen molar-refractivity contribution in [2.45, 2.75) is 26.5 Å². The number of fused-ring (bicyclic) bond motifs is 1. The Morgan fingerprint density at radius 2 is 1.92 bits per heavy atom. The highest BCUT2D eigenvalue weighted by Crippen LogP contribution is 2.19. The molecule has 0 spiro atoms. The number of carbonyl (C=O) groups excluding carboxylic acids is 1. The summed E-state index contributed by atoms with van der Waals surface area (Å²) in [4.78, 5) is 15.1. The van der Waals surface area contributed by atoms with E-state index in [-0.39, 0.29) is 12.2 Å². The molecule has 0 unspecified atom stereocenters. The highest BCUT2D eigenvalue weighted by atomic mass is 16.5. The Morgan fingerprint density at radius 1 is 1.24 bits per heavy atom. The SMILES string of the molecule is Cc1cc2ncn(C[C@H](O)COc3ccc(C(=O)[O-])cc3)c2cc1C. The average molecular weight is 339 g/mol. The number of carboxylic acid groups (broad SMARTS) is 1. The van der Waals surface area contributed by atoms with Crippen LogP contribution in [0, 0.1) is 13.8 Å². The van der Waals surface area contributed by atoms with Gasteiger partial charge in [0.25, 0.3) is 0 Å². The van der Waals surface area contributed by atoms with Crippen LogP contribution in [0.15, 0.2) is 42.7 Å². The highest BCUT2D eigenvalue weighted by Gasteiger charge is 2.11. The van der Waals surface area contributed by atoms with Gasteiger partial charge in [-0.05, 0) is 66.9 Å². The molecule has 1 atom stereocenters. The molecule has 25 heavy (non-hydrogen) atoms. The second-order valence-electron chi connectivity index (χ2n) is 6.10. The van der Waals surface area contributed by atoms with E-state index >= 15 is 0 Å². The molecule has 0 bridgehead atoms. The second kappa shape index (κ2) is 6.94. The predicted octanol–water partition coefficient (Wildman–Crippen LogP) is 1.46. The van der Waals surface area contributed by atoms with Crippen LogP contribution in [0.25, 0.3) is 11.0 Å². The summed E-state index contributed by atoms with van der Waals surface area (Å²) >= 11 is 0. The quantitative estimate of drug-likeness (QED) is 0.734. The zero-order valence-corrected chi connectivity index (χ0v) is 14.1. The van der Waals surface area contributed by atoms with E-state index in [1.807, 2.05) is 24.5 Å². The smallest absolute Gasteiger partial charge is 0.119 e. The fourth-order valence-corrected chi connectivity index (χ4v) is 2.62. The van der Waals surface area contributed by atoms with E-state index in [4.69, 9.17) is 4.74 Å². The number of aliphatic hydroxyl groups excluding tert-OH is 1. The van der Waals surface area contributed by atoms with Crippen molar-refractivity contribution in [2.75, 3.05) is 6.61 Å². The van der Waals surface area contributed by atoms with Crippen LogP contribution >= 0.6 is 0 Å². The van der Waals surface area contributed by atoms with Crippen molar-refractivity contribution in [3.8, 4) is 5.75 Å². The maximum atomic E-state index is 10.7. The van der Waals surface area contributed by atoms with Gasteiger partial charge in [0.05, 0.1) is 29.9 Å². The van der Waals surface area contributed by atoms with Gasteiger partial charge in [-0.3, -0.25) is 0 Å². The number of aromatic nitrogens is 2. The minimum absolute atomic E-state index is 0.0865. The number of nitrogens with zero attached hydrogens (tertiary/aromatic N) is 2. The summed E-state index contributed by atoms with van der Waals surface area (Å²) in [7, 11) is 0. The minimum Gasteiger partial charge on any atom is -0.545 e. The fourth-order valence-electron chi connectivity index (χ4n) is 2.62. The van der Waals surface area contributed by atoms with Crippen molar-refractivity contribution in [2.24, 2.45) is 0 Å². The average Bonchev–Trinajstić information content (AvgIpc) is 2.95. The van der Waals surface area contributed by atoms with Gasteiger partial charge in [-0.2, -0.15) is 0 Å². The number of imidazole rings is 1. The van der Waals surface area contributed by atoms with Gasteiger partial charge in [0.2, 0.25) is 0 Å². The molecule has 2 aromatic carbocycles. The van der Waals surface area contributed by atoms with E-state index in [1.165, 1.54) is 35.4 Å². The molecule has 0 fully saturated rings. The molecule has 1 N–H and O–H groups in total. The number of ether oxygens (including phenoxy) is 1. The first-order chi connectivity index (χ1) is 11.9. The highest BCUT2D eigenvalue weighted by molar-refractivity contribution is 5.85. The Kier molecular flexibility index (Phi) is 4.72. The largest absolute Gasteiger partial charge is 0.545 e. The molecule has 0 saturated carbocycles. The normalized spacial score (nSPS) is 12.3. The van der Waals surface area contributed by atoms with Gasteiger partial charge in [0.15, 0.2) is 0 Å². The van der Waals surface area contributed by atoms with Gasteiger partial charge in [0, 0.05) is 0 Å². The Morgan fingerprint density at radius 3 is 2.60 bits per heavy atom. The lowest BCUT2D eigenvalue weighted by atomic mass is 10.1. The molecule has 3 aromatic rings. The molecule has 0 amide bonds. The molecule has 3 rings (SSSR count). The van der Waals surface area contributed by atoms with Crippen LogP contribution in [0.3, 0.4) is 0 Å². The number of aryl methyl sites for hydroxylation is 2. The van der Waals surface area contributed by atoms with E-state index in [2.05, 4.69) is 11.1 Å². The summed E-state index contributed by atoms with van der Waals surface area (Å²) in [6, 6.07) is 9.98. The molecule has 6 nitrogen and oxygen atoms in total. The molecular formula is C19H19N2O4-. The number of carbonyl (C=O) groups is 1. The molecule has 0 radical (unpaired) electrons. The van der Waals surface area contributed by atoms with E-state index < -0.39 is 12.1 Å². The number of carboxylic acids is 1. The fraction of sp³-hybridized carbons (Fsp3) is 0.263. The number of benzene rings is 2. The second-order valence-corrected chi connectivity index (χ2v) is 6.10. The van der Waals surface area contributed by atoms with Crippen LogP contribution in [-0.4, -0.2) is 33.3 Å². The summed E-state index contributed by atoms with van der Waals surface area (Å²) in [6.07, 6.45) is 0.987. The van der Waals surface area contributed by atoms with Crippen molar-refractivity contribution in [1.29, 1.82) is 0 Å². The lowest BCUT2D eigenvalue weighted by Gasteiger charge is -2.14. The van der Waals surface area contributed by atoms with Crippen molar-refractivity contribution in [3.63, 3.8) is 0 Å². The third-order valence-corrected chi connectivity index (χ3v) is 4.18. The van der Waals surface area contributed by atoms with Crippen molar-refractivity contribution >= 4 is 17.0 Å². The van der Waals surface area contributed by atoms with Crippen LogP contribution in [0.5, 0.6) is 5.75 Å². The molecule has 1 heterocycles. The lowest BCUT2D eigenvalue weighted by molar-refractivity contribution is -0.255. The van der Waals surface area contributed by atoms with Gasteiger partial charge >= 0.3 is 0 Å². The molecule has 0 aliphatic heterocycles. The zero-order valence-electron chi connectivity index (χ0n) is 14.1. The van der Waals surface area contributed by atoms with Gasteiger partial charge < -0.3 is 24.3 Å². The van der Waals surface area contributed by atoms with E-state index in [1.54, 1.807) is 6.33 Å². The standard InChI is InChI=1S/C19H20N2O4/c1-12-7-17-18(8-13(12)2)21(11-20-17)9-15(22)10-25-16-5-3-14(4-6-16)19(23)24/h3-8,11,15,22H,9-10H2,1-2H3,(H,23,24)/p-1/t15-/m0/s1. The van der Waals surface area contributed by atoms with Crippen molar-refractivity contribution in [3.05, 3.63) is 59.4 Å². The molecule has 0 aliphatic carbocycles. The number of aromatic carboxylic acids is 1. The Bertz CT molecular complexity index is 900. The molecule has 6 heteroatoms. The Labute approximate surface area is 145 Å². The van der Waals surface area contributed by atoms with Crippen molar-refractivity contribution < 1.29 is 19.7 Å². The molecule has 1 aromatic heterocycles. The van der Waals surface area contributed by atoms with E-state index in [9.17, 15) is 15.0 Å². The molecular weight excluding hydrogens is 320 g/mol. The Hall–Kier alpha value is -2.86. The van der Waals surface area contributed by atoms with E-state index in [0.717, 1.165) is 11.0 Å². The van der Waals surface area contributed by atoms with Gasteiger partial charge in [0.1, 0.15) is 18.5 Å². The van der Waals surface area contributed by atoms with Crippen LogP contribution in [-0.2, 0) is 6.54 Å². The lowest BCUT2D eigenvalue weighted by Crippen LogP contribution is -2.23. The molecule has 0 saturated heterocycles. The summed E-state index contributed by atoms with van der Waals surface area (Å²) in [5, 5.41) is 20.9. The number of hydrogen-bond donors (Lipinski definition) is 1. The summed E-state index contributed by atoms with van der Waals surface area (Å²) < 4.78 is 7.41. The predicted molar refractivity (Wildman–Crippen MR) is 91.5 cm³/mol. The molecule has 0 aliphatic rings. The number of aliphatic hydroxyl groups is 1.